The van der Waals surface area contributed by atoms with Gasteiger partial charge in [-0.25, -0.2) is 4.98 Å². The Labute approximate surface area is 146 Å². The number of thiazole rings is 1. The van der Waals surface area contributed by atoms with Gasteiger partial charge in [0.1, 0.15) is 21.5 Å². The molecule has 0 aliphatic heterocycles. The fourth-order valence-electron chi connectivity index (χ4n) is 2.07. The van der Waals surface area contributed by atoms with Gasteiger partial charge in [0.15, 0.2) is 0 Å². The Morgan fingerprint density at radius 2 is 2.00 bits per heavy atom. The van der Waals surface area contributed by atoms with Gasteiger partial charge in [0.25, 0.3) is 5.91 Å². The van der Waals surface area contributed by atoms with Crippen molar-refractivity contribution in [3.05, 3.63) is 15.6 Å². The van der Waals surface area contributed by atoms with Crippen molar-refractivity contribution in [1.82, 2.24) is 10.3 Å². The number of halogens is 3. The van der Waals surface area contributed by atoms with E-state index in [-0.39, 0.29) is 30.3 Å². The molecule has 1 aliphatic rings. The van der Waals surface area contributed by atoms with Crippen LogP contribution in [0.3, 0.4) is 0 Å². The van der Waals surface area contributed by atoms with Crippen LogP contribution in [0.15, 0.2) is 0 Å². The van der Waals surface area contributed by atoms with Crippen molar-refractivity contribution in [2.24, 2.45) is 0 Å². The highest BCUT2D eigenvalue weighted by Crippen LogP contribution is 2.44. The molecule has 10 heteroatoms. The SMILES string of the molecule is N=C(S)c1nc(C(=O)NCCCCC(=N)C(F)(F)F)c(C2CC2)s1. The van der Waals surface area contributed by atoms with Crippen LogP contribution in [0.2, 0.25) is 0 Å². The van der Waals surface area contributed by atoms with Gasteiger partial charge in [-0.15, -0.1) is 24.0 Å². The standard InChI is InChI=1S/C14H17F3N4OS2/c15-14(16,17)8(18)3-1-2-6-20-12(22)9-10(7-4-5-7)24-13(21-9)11(19)23/h7,18H,1-6H2,(H2,19,23)(H,20,22). The number of thiol groups is 1. The lowest BCUT2D eigenvalue weighted by atomic mass is 10.1. The lowest BCUT2D eigenvalue weighted by molar-refractivity contribution is -0.0613. The molecule has 132 valence electrons. The summed E-state index contributed by atoms with van der Waals surface area (Å²) in [5.41, 5.74) is -0.958. The molecule has 1 saturated carbocycles. The first kappa shape index (κ1) is 18.9. The lowest BCUT2D eigenvalue weighted by Gasteiger charge is -2.08. The summed E-state index contributed by atoms with van der Waals surface area (Å²) < 4.78 is 36.5. The Morgan fingerprint density at radius 3 is 2.54 bits per heavy atom. The predicted molar refractivity (Wildman–Crippen MR) is 89.9 cm³/mol. The van der Waals surface area contributed by atoms with Crippen molar-refractivity contribution in [2.45, 2.75) is 44.2 Å². The molecule has 0 bridgehead atoms. The molecule has 0 unspecified atom stereocenters. The third kappa shape index (κ3) is 5.04. The maximum atomic E-state index is 12.2. The normalized spacial score (nSPS) is 14.5. The quantitative estimate of drug-likeness (QED) is 0.240. The largest absolute Gasteiger partial charge is 0.428 e. The molecular weight excluding hydrogens is 361 g/mol. The average Bonchev–Trinajstić information content (AvgIpc) is 3.23. The first-order chi connectivity index (χ1) is 11.2. The van der Waals surface area contributed by atoms with E-state index in [4.69, 9.17) is 10.8 Å². The van der Waals surface area contributed by atoms with Crippen LogP contribution in [0.1, 0.15) is 58.4 Å². The number of carbonyl (C=O) groups is 1. The first-order valence-corrected chi connectivity index (χ1v) is 8.68. The van der Waals surface area contributed by atoms with Gasteiger partial charge in [-0.1, -0.05) is 0 Å². The van der Waals surface area contributed by atoms with E-state index in [9.17, 15) is 18.0 Å². The summed E-state index contributed by atoms with van der Waals surface area (Å²) in [7, 11) is 0. The van der Waals surface area contributed by atoms with E-state index in [0.29, 0.717) is 23.0 Å². The van der Waals surface area contributed by atoms with E-state index >= 15 is 0 Å². The van der Waals surface area contributed by atoms with E-state index in [0.717, 1.165) is 17.7 Å². The zero-order valence-electron chi connectivity index (χ0n) is 12.7. The van der Waals surface area contributed by atoms with E-state index < -0.39 is 11.9 Å². The maximum absolute atomic E-state index is 12.2. The molecule has 0 atom stereocenters. The molecule has 1 aromatic heterocycles. The third-order valence-electron chi connectivity index (χ3n) is 3.50. The molecule has 0 radical (unpaired) electrons. The van der Waals surface area contributed by atoms with E-state index in [1.54, 1.807) is 0 Å². The zero-order valence-corrected chi connectivity index (χ0v) is 14.4. The Balaban J connectivity index is 1.83. The van der Waals surface area contributed by atoms with Crippen LogP contribution in [-0.4, -0.2) is 34.4 Å². The molecule has 1 aromatic rings. The van der Waals surface area contributed by atoms with E-state index in [2.05, 4.69) is 22.9 Å². The monoisotopic (exact) mass is 378 g/mol. The van der Waals surface area contributed by atoms with Gasteiger partial charge in [0, 0.05) is 11.4 Å². The molecule has 1 aliphatic carbocycles. The maximum Gasteiger partial charge on any atom is 0.428 e. The minimum absolute atomic E-state index is 0.00612. The molecule has 1 fully saturated rings. The summed E-state index contributed by atoms with van der Waals surface area (Å²) in [6.45, 7) is 0.221. The molecule has 0 saturated heterocycles. The van der Waals surface area contributed by atoms with Crippen LogP contribution in [-0.2, 0) is 0 Å². The topological polar surface area (TPSA) is 89.7 Å². The number of alkyl halides is 3. The molecule has 24 heavy (non-hydrogen) atoms. The summed E-state index contributed by atoms with van der Waals surface area (Å²) >= 11 is 5.22. The second-order valence-electron chi connectivity index (χ2n) is 5.54. The van der Waals surface area contributed by atoms with Crippen molar-refractivity contribution in [2.75, 3.05) is 6.54 Å². The molecule has 5 nitrogen and oxygen atoms in total. The van der Waals surface area contributed by atoms with Gasteiger partial charge in [-0.05, 0) is 38.0 Å². The summed E-state index contributed by atoms with van der Waals surface area (Å²) in [5, 5.41) is 17.4. The smallest absolute Gasteiger partial charge is 0.351 e. The van der Waals surface area contributed by atoms with Crippen molar-refractivity contribution < 1.29 is 18.0 Å². The van der Waals surface area contributed by atoms with Gasteiger partial charge in [-0.3, -0.25) is 10.2 Å². The lowest BCUT2D eigenvalue weighted by Crippen LogP contribution is -2.26. The fraction of sp³-hybridized carbons (Fsp3) is 0.571. The predicted octanol–water partition coefficient (Wildman–Crippen LogP) is 3.76. The van der Waals surface area contributed by atoms with Crippen LogP contribution in [0.5, 0.6) is 0 Å². The molecule has 1 heterocycles. The van der Waals surface area contributed by atoms with Crippen LogP contribution in [0.25, 0.3) is 0 Å². The molecule has 2 rings (SSSR count). The van der Waals surface area contributed by atoms with Crippen molar-refractivity contribution in [3.63, 3.8) is 0 Å². The van der Waals surface area contributed by atoms with Gasteiger partial charge < -0.3 is 10.7 Å². The van der Waals surface area contributed by atoms with Gasteiger partial charge in [0.2, 0.25) is 0 Å². The number of carbonyl (C=O) groups excluding carboxylic acids is 1. The second kappa shape index (κ2) is 7.64. The zero-order chi connectivity index (χ0) is 17.9. The summed E-state index contributed by atoms with van der Waals surface area (Å²) in [4.78, 5) is 17.2. The molecule has 1 amide bonds. The van der Waals surface area contributed by atoms with Gasteiger partial charge in [0.05, 0.1) is 0 Å². The average molecular weight is 378 g/mol. The summed E-state index contributed by atoms with van der Waals surface area (Å²) in [5.74, 6) is -0.0724. The Hall–Kier alpha value is -1.42. The van der Waals surface area contributed by atoms with E-state index in [1.165, 1.54) is 11.3 Å². The van der Waals surface area contributed by atoms with Crippen LogP contribution < -0.4 is 5.32 Å². The van der Waals surface area contributed by atoms with Gasteiger partial charge in [-0.2, -0.15) is 13.2 Å². The Kier molecular flexibility index (Phi) is 6.02. The highest BCUT2D eigenvalue weighted by atomic mass is 32.1. The fourth-order valence-corrected chi connectivity index (χ4v) is 3.34. The number of hydrogen-bond acceptors (Lipinski definition) is 5. The number of nitrogens with one attached hydrogen (secondary N) is 3. The first-order valence-electron chi connectivity index (χ1n) is 7.41. The Morgan fingerprint density at radius 1 is 1.33 bits per heavy atom. The second-order valence-corrected chi connectivity index (χ2v) is 7.02. The number of nitrogens with zero attached hydrogens (tertiary/aromatic N) is 1. The van der Waals surface area contributed by atoms with Crippen molar-refractivity contribution in [1.29, 1.82) is 10.8 Å². The summed E-state index contributed by atoms with van der Waals surface area (Å²) in [6, 6.07) is 0. The molecule has 3 N–H and O–H groups in total. The van der Waals surface area contributed by atoms with Crippen LogP contribution in [0, 0.1) is 10.8 Å². The third-order valence-corrected chi connectivity index (χ3v) is 5.10. The highest BCUT2D eigenvalue weighted by Gasteiger charge is 2.33. The number of aromatic nitrogens is 1. The number of rotatable bonds is 8. The molecule has 0 spiro atoms. The molecule has 0 aromatic carbocycles. The number of unbranched alkanes of at least 4 members (excludes halogenated alkanes) is 1. The van der Waals surface area contributed by atoms with Crippen molar-refractivity contribution in [3.8, 4) is 0 Å². The molecular formula is C14H17F3N4OS2. The van der Waals surface area contributed by atoms with Crippen LogP contribution >= 0.6 is 24.0 Å². The van der Waals surface area contributed by atoms with Crippen LogP contribution in [0.4, 0.5) is 13.2 Å². The minimum atomic E-state index is -4.57. The highest BCUT2D eigenvalue weighted by molar-refractivity contribution is 7.97. The Bertz CT molecular complexity index is 653. The number of hydrogen-bond donors (Lipinski definition) is 4. The van der Waals surface area contributed by atoms with E-state index in [1.807, 2.05) is 0 Å². The minimum Gasteiger partial charge on any atom is -0.351 e. The number of amides is 1. The van der Waals surface area contributed by atoms with Gasteiger partial charge >= 0.3 is 6.18 Å². The summed E-state index contributed by atoms with van der Waals surface area (Å²) in [6.07, 6.45) is -2.43. The van der Waals surface area contributed by atoms with Crippen molar-refractivity contribution >= 4 is 40.6 Å².